The fraction of sp³-hybridized carbons (Fsp3) is 0.483. The molecule has 218 valence electrons. The third-order valence-corrected chi connectivity index (χ3v) is 7.46. The first-order chi connectivity index (χ1) is 19.9. The zero-order valence-electron chi connectivity index (χ0n) is 24.1. The van der Waals surface area contributed by atoms with Gasteiger partial charge in [0.05, 0.1) is 25.5 Å². The fourth-order valence-corrected chi connectivity index (χ4v) is 5.00. The predicted molar refractivity (Wildman–Crippen MR) is 159 cm³/mol. The molecule has 0 radical (unpaired) electrons. The minimum atomic E-state index is -0.000791. The molecule has 1 amide bonds. The van der Waals surface area contributed by atoms with Gasteiger partial charge in [0.25, 0.3) is 5.91 Å². The van der Waals surface area contributed by atoms with Crippen LogP contribution in [0.2, 0.25) is 0 Å². The molecule has 5 rings (SSSR count). The van der Waals surface area contributed by atoms with Gasteiger partial charge in [-0.3, -0.25) is 4.79 Å². The summed E-state index contributed by atoms with van der Waals surface area (Å²) in [6.07, 6.45) is 4.20. The van der Waals surface area contributed by atoms with Crippen molar-refractivity contribution in [1.29, 1.82) is 0 Å². The zero-order chi connectivity index (χ0) is 28.8. The molecule has 41 heavy (non-hydrogen) atoms. The summed E-state index contributed by atoms with van der Waals surface area (Å²) >= 11 is 0. The second-order valence-corrected chi connectivity index (χ2v) is 10.3. The van der Waals surface area contributed by atoms with E-state index < -0.39 is 0 Å². The third kappa shape index (κ3) is 6.72. The van der Waals surface area contributed by atoms with Gasteiger partial charge in [-0.1, -0.05) is 0 Å². The monoisotopic (exact) mass is 561 g/mol. The lowest BCUT2D eigenvalue weighted by Gasteiger charge is -2.28. The molecule has 2 aromatic heterocycles. The Hall–Kier alpha value is -3.87. The van der Waals surface area contributed by atoms with Gasteiger partial charge in [0.2, 0.25) is 11.9 Å². The quantitative estimate of drug-likeness (QED) is 0.346. The Bertz CT molecular complexity index is 1310. The lowest BCUT2D eigenvalue weighted by Crippen LogP contribution is -2.37. The summed E-state index contributed by atoms with van der Waals surface area (Å²) in [5.41, 5.74) is 10.1. The number of ether oxygens (including phenoxy) is 2. The van der Waals surface area contributed by atoms with Crippen LogP contribution in [0.1, 0.15) is 22.8 Å². The molecule has 0 saturated carbocycles. The topological polar surface area (TPSA) is 126 Å². The summed E-state index contributed by atoms with van der Waals surface area (Å²) in [4.78, 5) is 39.7. The molecule has 0 unspecified atom stereocenters. The van der Waals surface area contributed by atoms with Crippen LogP contribution in [0.3, 0.4) is 0 Å². The third-order valence-electron chi connectivity index (χ3n) is 7.46. The molecule has 0 bridgehead atoms. The van der Waals surface area contributed by atoms with Gasteiger partial charge in [-0.25, -0.2) is 15.0 Å². The van der Waals surface area contributed by atoms with Crippen molar-refractivity contribution < 1.29 is 14.3 Å². The number of carbonyl (C=O) groups is 1. The average molecular weight is 562 g/mol. The van der Waals surface area contributed by atoms with Crippen molar-refractivity contribution in [3.8, 4) is 11.3 Å². The lowest BCUT2D eigenvalue weighted by molar-refractivity contribution is 0.0770. The second kappa shape index (κ2) is 13.2. The van der Waals surface area contributed by atoms with Gasteiger partial charge < -0.3 is 34.8 Å². The van der Waals surface area contributed by atoms with Crippen LogP contribution in [0.4, 0.5) is 23.4 Å². The van der Waals surface area contributed by atoms with Gasteiger partial charge in [0.15, 0.2) is 0 Å². The van der Waals surface area contributed by atoms with Crippen molar-refractivity contribution in [3.05, 3.63) is 47.8 Å². The first-order valence-electron chi connectivity index (χ1n) is 14.2. The van der Waals surface area contributed by atoms with Crippen molar-refractivity contribution >= 4 is 29.3 Å². The normalized spacial score (nSPS) is 14.9. The van der Waals surface area contributed by atoms with Crippen LogP contribution in [0.25, 0.3) is 11.3 Å². The SMILES string of the molecule is CCOCCN(C)CCN(C)C(=O)c1ccc(N2CCc3c(-c4cnc(N)nc4)nc(N4CCOCC4)nc32)cc1. The van der Waals surface area contributed by atoms with Crippen LogP contribution in [-0.4, -0.2) is 115 Å². The average Bonchev–Trinajstić information content (AvgIpc) is 3.44. The number of nitrogens with two attached hydrogens (primary N) is 1. The van der Waals surface area contributed by atoms with Gasteiger partial charge in [-0.05, 0) is 44.7 Å². The number of aromatic nitrogens is 4. The van der Waals surface area contributed by atoms with E-state index in [1.807, 2.05) is 45.3 Å². The highest BCUT2D eigenvalue weighted by molar-refractivity contribution is 5.94. The Labute approximate surface area is 241 Å². The number of fused-ring (bicyclic) bond motifs is 1. The molecule has 4 heterocycles. The number of rotatable bonds is 11. The van der Waals surface area contributed by atoms with E-state index in [-0.39, 0.29) is 11.9 Å². The van der Waals surface area contributed by atoms with E-state index >= 15 is 0 Å². The number of hydrogen-bond acceptors (Lipinski definition) is 11. The van der Waals surface area contributed by atoms with Gasteiger partial charge in [0.1, 0.15) is 5.82 Å². The predicted octanol–water partition coefficient (Wildman–Crippen LogP) is 2.09. The number of hydrogen-bond donors (Lipinski definition) is 1. The maximum atomic E-state index is 13.1. The Morgan fingerprint density at radius 3 is 2.46 bits per heavy atom. The van der Waals surface area contributed by atoms with Crippen LogP contribution in [0.15, 0.2) is 36.7 Å². The Balaban J connectivity index is 1.34. The minimum absolute atomic E-state index is 0.000791. The van der Waals surface area contributed by atoms with Crippen molar-refractivity contribution in [2.24, 2.45) is 0 Å². The van der Waals surface area contributed by atoms with Crippen molar-refractivity contribution in [2.45, 2.75) is 13.3 Å². The minimum Gasteiger partial charge on any atom is -0.380 e. The van der Waals surface area contributed by atoms with Crippen molar-refractivity contribution in [1.82, 2.24) is 29.7 Å². The molecule has 2 aliphatic rings. The van der Waals surface area contributed by atoms with E-state index in [1.165, 1.54) is 0 Å². The molecule has 3 aromatic rings. The van der Waals surface area contributed by atoms with E-state index in [4.69, 9.17) is 25.2 Å². The van der Waals surface area contributed by atoms with Crippen LogP contribution in [-0.2, 0) is 15.9 Å². The highest BCUT2D eigenvalue weighted by atomic mass is 16.5. The Morgan fingerprint density at radius 1 is 1.02 bits per heavy atom. The van der Waals surface area contributed by atoms with E-state index in [9.17, 15) is 4.79 Å². The molecule has 0 atom stereocenters. The van der Waals surface area contributed by atoms with Gasteiger partial charge in [0, 0.05) is 87.7 Å². The summed E-state index contributed by atoms with van der Waals surface area (Å²) in [5.74, 6) is 1.74. The fourth-order valence-electron chi connectivity index (χ4n) is 5.00. The van der Waals surface area contributed by atoms with Crippen LogP contribution in [0, 0.1) is 0 Å². The zero-order valence-corrected chi connectivity index (χ0v) is 24.1. The van der Waals surface area contributed by atoms with E-state index in [1.54, 1.807) is 17.3 Å². The van der Waals surface area contributed by atoms with Crippen LogP contribution in [0.5, 0.6) is 0 Å². The smallest absolute Gasteiger partial charge is 0.253 e. The van der Waals surface area contributed by atoms with E-state index in [2.05, 4.69) is 24.7 Å². The van der Waals surface area contributed by atoms with Gasteiger partial charge in [-0.15, -0.1) is 0 Å². The number of benzene rings is 1. The summed E-state index contributed by atoms with van der Waals surface area (Å²) in [6, 6.07) is 7.77. The first-order valence-corrected chi connectivity index (χ1v) is 14.2. The van der Waals surface area contributed by atoms with Crippen LogP contribution < -0.4 is 15.5 Å². The molecule has 12 nitrogen and oxygen atoms in total. The molecule has 1 fully saturated rings. The van der Waals surface area contributed by atoms with Crippen LogP contribution >= 0.6 is 0 Å². The molecule has 2 N–H and O–H groups in total. The molecule has 12 heteroatoms. The standard InChI is InChI=1S/C29H39N9O3/c1-4-40-16-13-35(2)11-12-36(3)27(39)21-5-7-23(8-6-21)38-10-9-24-25(22-19-31-28(30)32-20-22)33-29(34-26(24)38)37-14-17-41-18-15-37/h5-8,19-20H,4,9-18H2,1-3H3,(H2,30,31,32). The highest BCUT2D eigenvalue weighted by Crippen LogP contribution is 2.39. The Morgan fingerprint density at radius 2 is 1.76 bits per heavy atom. The van der Waals surface area contributed by atoms with Gasteiger partial charge >= 0.3 is 0 Å². The van der Waals surface area contributed by atoms with E-state index in [0.29, 0.717) is 44.5 Å². The molecule has 2 aliphatic heterocycles. The summed E-state index contributed by atoms with van der Waals surface area (Å²) < 4.78 is 11.0. The number of carbonyl (C=O) groups excluding carboxylic acids is 1. The summed E-state index contributed by atoms with van der Waals surface area (Å²) in [7, 11) is 3.88. The maximum Gasteiger partial charge on any atom is 0.253 e. The first kappa shape index (κ1) is 28.7. The molecule has 0 spiro atoms. The molecular formula is C29H39N9O3. The van der Waals surface area contributed by atoms with Crippen molar-refractivity contribution in [3.63, 3.8) is 0 Å². The summed E-state index contributed by atoms with van der Waals surface area (Å²) in [6.45, 7) is 9.14. The summed E-state index contributed by atoms with van der Waals surface area (Å²) in [5, 5.41) is 0. The number of nitrogens with zero attached hydrogens (tertiary/aromatic N) is 8. The van der Waals surface area contributed by atoms with Gasteiger partial charge in [-0.2, -0.15) is 4.98 Å². The number of morpholine rings is 1. The molecular weight excluding hydrogens is 522 g/mol. The molecule has 1 aromatic carbocycles. The number of likely N-dealkylation sites (N-methyl/N-ethyl adjacent to an activating group) is 2. The largest absolute Gasteiger partial charge is 0.380 e. The molecule has 1 saturated heterocycles. The second-order valence-electron chi connectivity index (χ2n) is 10.3. The number of anilines is 4. The maximum absolute atomic E-state index is 13.1. The lowest BCUT2D eigenvalue weighted by atomic mass is 10.1. The highest BCUT2D eigenvalue weighted by Gasteiger charge is 2.29. The Kier molecular flexibility index (Phi) is 9.22. The number of amides is 1. The number of nitrogen functional groups attached to an aromatic ring is 1. The van der Waals surface area contributed by atoms with Crippen molar-refractivity contribution in [2.75, 3.05) is 95.3 Å². The van der Waals surface area contributed by atoms with E-state index in [0.717, 1.165) is 67.5 Å². The molecule has 0 aliphatic carbocycles.